The van der Waals surface area contributed by atoms with Crippen molar-refractivity contribution in [2.75, 3.05) is 27.0 Å². The van der Waals surface area contributed by atoms with Crippen LogP contribution in [0.3, 0.4) is 0 Å². The first kappa shape index (κ1) is 33.3. The van der Waals surface area contributed by atoms with Crippen molar-refractivity contribution >= 4 is 13.9 Å². The lowest BCUT2D eigenvalue weighted by Crippen LogP contribution is -2.32. The van der Waals surface area contributed by atoms with Crippen LogP contribution in [0.2, 0.25) is 0 Å². The van der Waals surface area contributed by atoms with Crippen molar-refractivity contribution in [1.29, 1.82) is 0 Å². The molecule has 5 heteroatoms. The number of ether oxygens (including phenoxy) is 2. The zero-order chi connectivity index (χ0) is 31.5. The zero-order valence-corrected chi connectivity index (χ0v) is 28.3. The molecule has 0 amide bonds. The van der Waals surface area contributed by atoms with Gasteiger partial charge in [0.2, 0.25) is 0 Å². The summed E-state index contributed by atoms with van der Waals surface area (Å²) in [4.78, 5) is 2.51. The molecule has 5 rings (SSSR count). The van der Waals surface area contributed by atoms with Gasteiger partial charge >= 0.3 is 0 Å². The highest BCUT2D eigenvalue weighted by Gasteiger charge is 2.35. The van der Waals surface area contributed by atoms with Gasteiger partial charge in [0.25, 0.3) is 0 Å². The van der Waals surface area contributed by atoms with Gasteiger partial charge in [0.1, 0.15) is 11.6 Å². The molecule has 2 unspecified atom stereocenters. The smallest absolute Gasteiger partial charge is 0.188 e. The van der Waals surface area contributed by atoms with E-state index in [0.717, 1.165) is 63.1 Å². The van der Waals surface area contributed by atoms with Gasteiger partial charge in [-0.15, -0.1) is 0 Å². The van der Waals surface area contributed by atoms with Crippen LogP contribution in [0.4, 0.5) is 4.39 Å². The van der Waals surface area contributed by atoms with E-state index in [2.05, 4.69) is 97.6 Å². The van der Waals surface area contributed by atoms with E-state index in [1.54, 1.807) is 19.2 Å². The Kier molecular flexibility index (Phi) is 12.2. The molecule has 0 aromatic heterocycles. The normalized spacial score (nSPS) is 15.4. The standard InChI is InChI=1S/C40H49FNO2P/c1-4-21-40(5-2,45-38-20-19-36(41)28-35(38)29-42-22-13-8-14-23-42)37-27-33(24-31-15-9-6-10-16-31)26-34(39(37)44-30-43-3)25-32-17-11-7-12-18-32/h6-7,9-12,15-20,26-28,45H,4-5,8,13-14,21-25,29-30H2,1-3H3. The highest BCUT2D eigenvalue weighted by atomic mass is 31.1. The molecular weight excluding hydrogens is 576 g/mol. The first-order chi connectivity index (χ1) is 22.0. The lowest BCUT2D eigenvalue weighted by Gasteiger charge is -2.37. The minimum atomic E-state index is -0.162. The summed E-state index contributed by atoms with van der Waals surface area (Å²) < 4.78 is 26.8. The van der Waals surface area contributed by atoms with Gasteiger partial charge in [0.05, 0.1) is 0 Å². The third-order valence-electron chi connectivity index (χ3n) is 9.11. The summed E-state index contributed by atoms with van der Waals surface area (Å²) in [5.41, 5.74) is 7.42. The van der Waals surface area contributed by atoms with Gasteiger partial charge in [-0.05, 0) is 90.4 Å². The molecule has 0 saturated carbocycles. The van der Waals surface area contributed by atoms with Crippen molar-refractivity contribution in [3.8, 4) is 5.75 Å². The molecular formula is C40H49FNO2P. The molecule has 0 radical (unpaired) electrons. The number of piperidine rings is 1. The molecule has 1 aliphatic heterocycles. The maximum atomic E-state index is 14.8. The van der Waals surface area contributed by atoms with E-state index >= 15 is 0 Å². The number of likely N-dealkylation sites (tertiary alicyclic amines) is 1. The maximum absolute atomic E-state index is 14.8. The third kappa shape index (κ3) is 8.82. The van der Waals surface area contributed by atoms with E-state index < -0.39 is 0 Å². The Balaban J connectivity index is 1.64. The summed E-state index contributed by atoms with van der Waals surface area (Å²) in [5.74, 6) is 0.798. The Morgan fingerprint density at radius 1 is 0.778 bits per heavy atom. The van der Waals surface area contributed by atoms with Crippen LogP contribution in [-0.4, -0.2) is 31.9 Å². The molecule has 3 nitrogen and oxygen atoms in total. The second-order valence-corrected chi connectivity index (χ2v) is 14.2. The molecule has 1 heterocycles. The fourth-order valence-corrected chi connectivity index (χ4v) is 8.72. The highest BCUT2D eigenvalue weighted by Crippen LogP contribution is 2.52. The highest BCUT2D eigenvalue weighted by molar-refractivity contribution is 7.48. The van der Waals surface area contributed by atoms with Crippen LogP contribution in [0, 0.1) is 5.82 Å². The van der Waals surface area contributed by atoms with Crippen molar-refractivity contribution < 1.29 is 13.9 Å². The summed E-state index contributed by atoms with van der Waals surface area (Å²) in [6.07, 6.45) is 8.39. The van der Waals surface area contributed by atoms with Crippen molar-refractivity contribution in [1.82, 2.24) is 4.90 Å². The molecule has 0 bridgehead atoms. The quantitative estimate of drug-likeness (QED) is 0.0971. The largest absolute Gasteiger partial charge is 0.467 e. The van der Waals surface area contributed by atoms with E-state index in [-0.39, 0.29) is 17.8 Å². The average Bonchev–Trinajstić information content (AvgIpc) is 3.06. The Bertz CT molecular complexity index is 1490. The molecule has 4 aromatic carbocycles. The fraction of sp³-hybridized carbons (Fsp3) is 0.400. The number of methoxy groups -OCH3 is 1. The third-order valence-corrected chi connectivity index (χ3v) is 11.2. The minimum absolute atomic E-state index is 0.146. The van der Waals surface area contributed by atoms with Gasteiger partial charge in [-0.2, -0.15) is 0 Å². The topological polar surface area (TPSA) is 21.7 Å². The van der Waals surface area contributed by atoms with Gasteiger partial charge in [-0.1, -0.05) is 114 Å². The molecule has 0 spiro atoms. The van der Waals surface area contributed by atoms with E-state index in [1.165, 1.54) is 52.4 Å². The van der Waals surface area contributed by atoms with Gasteiger partial charge in [-0.25, -0.2) is 4.39 Å². The number of benzene rings is 4. The Labute approximate surface area is 272 Å². The number of nitrogens with zero attached hydrogens (tertiary/aromatic N) is 1. The number of rotatable bonds is 15. The van der Waals surface area contributed by atoms with E-state index in [9.17, 15) is 4.39 Å². The first-order valence-corrected chi connectivity index (χ1v) is 17.7. The van der Waals surface area contributed by atoms with Crippen LogP contribution in [-0.2, 0) is 29.3 Å². The molecule has 2 atom stereocenters. The van der Waals surface area contributed by atoms with E-state index in [4.69, 9.17) is 9.47 Å². The van der Waals surface area contributed by atoms with Crippen LogP contribution >= 0.6 is 8.58 Å². The van der Waals surface area contributed by atoms with Crippen LogP contribution in [0.25, 0.3) is 0 Å². The predicted molar refractivity (Wildman–Crippen MR) is 188 cm³/mol. The first-order valence-electron chi connectivity index (χ1n) is 16.7. The van der Waals surface area contributed by atoms with Crippen LogP contribution in [0.1, 0.15) is 85.8 Å². The zero-order valence-electron chi connectivity index (χ0n) is 27.3. The van der Waals surface area contributed by atoms with Gasteiger partial charge in [-0.3, -0.25) is 4.90 Å². The van der Waals surface area contributed by atoms with Crippen LogP contribution in [0.15, 0.2) is 91.0 Å². The second-order valence-electron chi connectivity index (χ2n) is 12.5. The molecule has 45 heavy (non-hydrogen) atoms. The predicted octanol–water partition coefficient (Wildman–Crippen LogP) is 9.39. The van der Waals surface area contributed by atoms with Crippen LogP contribution < -0.4 is 10.0 Å². The number of hydrogen-bond donors (Lipinski definition) is 0. The van der Waals surface area contributed by atoms with Crippen LogP contribution in [0.5, 0.6) is 5.75 Å². The molecule has 238 valence electrons. The van der Waals surface area contributed by atoms with E-state index in [1.807, 2.05) is 0 Å². The average molecular weight is 626 g/mol. The van der Waals surface area contributed by atoms with Crippen molar-refractivity contribution in [2.45, 2.75) is 76.9 Å². The summed E-state index contributed by atoms with van der Waals surface area (Å²) >= 11 is 0. The van der Waals surface area contributed by atoms with Crippen molar-refractivity contribution in [2.24, 2.45) is 0 Å². The monoisotopic (exact) mass is 625 g/mol. The molecule has 1 aliphatic rings. The van der Waals surface area contributed by atoms with Crippen molar-refractivity contribution in [3.63, 3.8) is 0 Å². The van der Waals surface area contributed by atoms with E-state index in [0.29, 0.717) is 8.58 Å². The van der Waals surface area contributed by atoms with Crippen molar-refractivity contribution in [3.05, 3.63) is 130 Å². The lowest BCUT2D eigenvalue weighted by molar-refractivity contribution is 0.0492. The van der Waals surface area contributed by atoms with Gasteiger partial charge in [0, 0.05) is 30.8 Å². The number of halogens is 1. The Morgan fingerprint density at radius 3 is 2.11 bits per heavy atom. The SMILES string of the molecule is CCCC(CC)(Pc1ccc(F)cc1CN1CCCCC1)c1cc(Cc2ccccc2)cc(Cc2ccccc2)c1OCOC. The fourth-order valence-electron chi connectivity index (χ4n) is 6.86. The Morgan fingerprint density at radius 2 is 1.47 bits per heavy atom. The van der Waals surface area contributed by atoms with Gasteiger partial charge < -0.3 is 9.47 Å². The molecule has 1 fully saturated rings. The molecule has 1 saturated heterocycles. The maximum Gasteiger partial charge on any atom is 0.188 e. The lowest BCUT2D eigenvalue weighted by atomic mass is 9.85. The summed E-state index contributed by atoms with van der Waals surface area (Å²) in [5, 5.41) is 1.11. The molecule has 4 aromatic rings. The summed E-state index contributed by atoms with van der Waals surface area (Å²) in [7, 11) is 2.17. The Hall–Kier alpha value is -3.04. The minimum Gasteiger partial charge on any atom is -0.467 e. The molecule has 0 N–H and O–H groups in total. The summed E-state index contributed by atoms with van der Waals surface area (Å²) in [6, 6.07) is 31.6. The summed E-state index contributed by atoms with van der Waals surface area (Å²) in [6.45, 7) is 7.78. The van der Waals surface area contributed by atoms with Gasteiger partial charge in [0.15, 0.2) is 6.79 Å². The second kappa shape index (κ2) is 16.5. The molecule has 0 aliphatic carbocycles. The number of hydrogen-bond acceptors (Lipinski definition) is 3.